The number of rotatable bonds is 3. The van der Waals surface area contributed by atoms with Gasteiger partial charge in [-0.3, -0.25) is 4.79 Å². The number of hydrogen-bond acceptors (Lipinski definition) is 2. The molecule has 1 amide bonds. The Hall–Kier alpha value is -1.06. The van der Waals surface area contributed by atoms with E-state index in [1.54, 1.807) is 11.8 Å². The number of carbonyl (C=O) groups excluding carboxylic acids is 1. The van der Waals surface area contributed by atoms with Crippen LogP contribution in [0.2, 0.25) is 5.02 Å². The highest BCUT2D eigenvalue weighted by atomic mass is 35.5. The maximum atomic E-state index is 12.1. The fourth-order valence-corrected chi connectivity index (χ4v) is 2.51. The van der Waals surface area contributed by atoms with Crippen LogP contribution < -0.4 is 0 Å². The second-order valence-corrected chi connectivity index (χ2v) is 6.10. The highest BCUT2D eigenvalue weighted by Crippen LogP contribution is 2.27. The Balaban J connectivity index is 1.87. The Kier molecular flexibility index (Phi) is 4.16. The van der Waals surface area contributed by atoms with Crippen LogP contribution in [-0.4, -0.2) is 34.6 Å². The molecule has 1 heterocycles. The van der Waals surface area contributed by atoms with Crippen molar-refractivity contribution < 1.29 is 9.90 Å². The summed E-state index contributed by atoms with van der Waals surface area (Å²) >= 11 is 5.82. The summed E-state index contributed by atoms with van der Waals surface area (Å²) in [5.74, 6) is 0.242. The molecule has 104 valence electrons. The molecule has 1 saturated heterocycles. The maximum absolute atomic E-state index is 12.1. The smallest absolute Gasteiger partial charge is 0.223 e. The molecule has 3 nitrogen and oxygen atoms in total. The largest absolute Gasteiger partial charge is 0.388 e. The molecule has 4 heteroatoms. The average molecular weight is 282 g/mol. The minimum Gasteiger partial charge on any atom is -0.388 e. The third-order valence-electron chi connectivity index (χ3n) is 3.96. The molecule has 0 unspecified atom stereocenters. The third kappa shape index (κ3) is 3.48. The molecule has 0 aliphatic carbocycles. The van der Waals surface area contributed by atoms with Crippen LogP contribution in [0.25, 0.3) is 0 Å². The Labute approximate surface area is 119 Å². The highest BCUT2D eigenvalue weighted by molar-refractivity contribution is 6.30. The summed E-state index contributed by atoms with van der Waals surface area (Å²) in [6, 6.07) is 7.56. The second kappa shape index (κ2) is 5.51. The quantitative estimate of drug-likeness (QED) is 0.925. The SMILES string of the molecule is C[C@@H]1CN(C(=O)CCc2ccc(Cl)cc2)C[C@]1(C)O. The maximum Gasteiger partial charge on any atom is 0.223 e. The first-order valence-corrected chi connectivity index (χ1v) is 7.01. The number of benzene rings is 1. The van der Waals surface area contributed by atoms with Crippen LogP contribution >= 0.6 is 11.6 Å². The topological polar surface area (TPSA) is 40.5 Å². The van der Waals surface area contributed by atoms with Crippen molar-refractivity contribution >= 4 is 17.5 Å². The van der Waals surface area contributed by atoms with E-state index in [0.29, 0.717) is 31.0 Å². The van der Waals surface area contributed by atoms with Gasteiger partial charge in [0.1, 0.15) is 0 Å². The number of aryl methyl sites for hydroxylation is 1. The Morgan fingerprint density at radius 2 is 2.11 bits per heavy atom. The monoisotopic (exact) mass is 281 g/mol. The second-order valence-electron chi connectivity index (χ2n) is 5.66. The van der Waals surface area contributed by atoms with Gasteiger partial charge in [-0.2, -0.15) is 0 Å². The van der Waals surface area contributed by atoms with Crippen LogP contribution in [-0.2, 0) is 11.2 Å². The van der Waals surface area contributed by atoms with Gasteiger partial charge in [0, 0.05) is 30.5 Å². The van der Waals surface area contributed by atoms with Crippen molar-refractivity contribution in [2.45, 2.75) is 32.3 Å². The molecule has 0 saturated carbocycles. The van der Waals surface area contributed by atoms with E-state index in [-0.39, 0.29) is 11.8 Å². The lowest BCUT2D eigenvalue weighted by molar-refractivity contribution is -0.131. The van der Waals surface area contributed by atoms with Gasteiger partial charge < -0.3 is 10.0 Å². The van der Waals surface area contributed by atoms with Crippen molar-refractivity contribution in [3.63, 3.8) is 0 Å². The number of halogens is 1. The van der Waals surface area contributed by atoms with Gasteiger partial charge in [0.2, 0.25) is 5.91 Å². The van der Waals surface area contributed by atoms with Crippen LogP contribution in [0.3, 0.4) is 0 Å². The number of hydrogen-bond donors (Lipinski definition) is 1. The normalized spacial score (nSPS) is 26.7. The van der Waals surface area contributed by atoms with E-state index in [9.17, 15) is 9.90 Å². The van der Waals surface area contributed by atoms with Crippen molar-refractivity contribution in [1.29, 1.82) is 0 Å². The van der Waals surface area contributed by atoms with Gasteiger partial charge in [0.15, 0.2) is 0 Å². The first-order valence-electron chi connectivity index (χ1n) is 6.63. The Bertz CT molecular complexity index is 456. The van der Waals surface area contributed by atoms with Gasteiger partial charge in [-0.05, 0) is 31.0 Å². The molecule has 0 spiro atoms. The number of β-amino-alcohol motifs (C(OH)–C–C–N with tert-alkyl or cyclic N) is 1. The summed E-state index contributed by atoms with van der Waals surface area (Å²) < 4.78 is 0. The van der Waals surface area contributed by atoms with Gasteiger partial charge >= 0.3 is 0 Å². The highest BCUT2D eigenvalue weighted by Gasteiger charge is 2.40. The molecule has 0 radical (unpaired) electrons. The van der Waals surface area contributed by atoms with E-state index >= 15 is 0 Å². The van der Waals surface area contributed by atoms with E-state index in [4.69, 9.17) is 11.6 Å². The molecule has 1 aromatic rings. The standard InChI is InChI=1S/C15H20ClNO2/c1-11-9-17(10-15(11,2)19)14(18)8-5-12-3-6-13(16)7-4-12/h3-4,6-7,11,19H,5,8-10H2,1-2H3/t11-,15+/m1/s1. The zero-order chi connectivity index (χ0) is 14.0. The van der Waals surface area contributed by atoms with Crippen LogP contribution in [0, 0.1) is 5.92 Å². The molecular weight excluding hydrogens is 262 g/mol. The fourth-order valence-electron chi connectivity index (χ4n) is 2.38. The molecule has 2 atom stereocenters. The number of aliphatic hydroxyl groups is 1. The van der Waals surface area contributed by atoms with E-state index in [2.05, 4.69) is 0 Å². The minimum atomic E-state index is -0.754. The van der Waals surface area contributed by atoms with Crippen molar-refractivity contribution in [1.82, 2.24) is 4.90 Å². The zero-order valence-corrected chi connectivity index (χ0v) is 12.2. The van der Waals surface area contributed by atoms with Gasteiger partial charge in [-0.1, -0.05) is 30.7 Å². The molecule has 1 N–H and O–H groups in total. The lowest BCUT2D eigenvalue weighted by Gasteiger charge is -2.20. The number of amides is 1. The number of carbonyl (C=O) groups is 1. The molecule has 2 rings (SSSR count). The van der Waals surface area contributed by atoms with Gasteiger partial charge in [0.25, 0.3) is 0 Å². The Morgan fingerprint density at radius 1 is 1.47 bits per heavy atom. The predicted octanol–water partition coefficient (Wildman–Crippen LogP) is 2.50. The zero-order valence-electron chi connectivity index (χ0n) is 11.4. The van der Waals surface area contributed by atoms with Gasteiger partial charge in [-0.15, -0.1) is 0 Å². The fraction of sp³-hybridized carbons (Fsp3) is 0.533. The summed E-state index contributed by atoms with van der Waals surface area (Å²) in [5.41, 5.74) is 0.354. The molecule has 1 fully saturated rings. The average Bonchev–Trinajstić information content (AvgIpc) is 2.63. The van der Waals surface area contributed by atoms with Crippen LogP contribution in [0.15, 0.2) is 24.3 Å². The van der Waals surface area contributed by atoms with Crippen LogP contribution in [0.5, 0.6) is 0 Å². The van der Waals surface area contributed by atoms with Crippen molar-refractivity contribution in [2.24, 2.45) is 5.92 Å². The van der Waals surface area contributed by atoms with E-state index < -0.39 is 5.60 Å². The number of likely N-dealkylation sites (tertiary alicyclic amines) is 1. The van der Waals surface area contributed by atoms with Gasteiger partial charge in [-0.25, -0.2) is 0 Å². The summed E-state index contributed by atoms with van der Waals surface area (Å²) in [7, 11) is 0. The third-order valence-corrected chi connectivity index (χ3v) is 4.21. The molecule has 1 aliphatic rings. The van der Waals surface area contributed by atoms with Gasteiger partial charge in [0.05, 0.1) is 5.60 Å². The summed E-state index contributed by atoms with van der Waals surface area (Å²) in [5, 5.41) is 10.8. The minimum absolute atomic E-state index is 0.111. The molecule has 1 aliphatic heterocycles. The lowest BCUT2D eigenvalue weighted by atomic mass is 9.95. The molecule has 19 heavy (non-hydrogen) atoms. The Morgan fingerprint density at radius 3 is 2.63 bits per heavy atom. The summed E-state index contributed by atoms with van der Waals surface area (Å²) in [6.07, 6.45) is 1.19. The van der Waals surface area contributed by atoms with Crippen LogP contribution in [0.1, 0.15) is 25.8 Å². The van der Waals surface area contributed by atoms with Crippen LogP contribution in [0.4, 0.5) is 0 Å². The molecule has 1 aromatic carbocycles. The predicted molar refractivity (Wildman–Crippen MR) is 76.1 cm³/mol. The first kappa shape index (κ1) is 14.4. The van der Waals surface area contributed by atoms with E-state index in [1.807, 2.05) is 31.2 Å². The molecular formula is C15H20ClNO2. The van der Waals surface area contributed by atoms with Crippen molar-refractivity contribution in [3.05, 3.63) is 34.9 Å². The van der Waals surface area contributed by atoms with E-state index in [1.165, 1.54) is 0 Å². The first-order chi connectivity index (χ1) is 8.88. The summed E-state index contributed by atoms with van der Waals surface area (Å²) in [4.78, 5) is 13.9. The molecule has 0 aromatic heterocycles. The molecule has 0 bridgehead atoms. The lowest BCUT2D eigenvalue weighted by Crippen LogP contribution is -2.35. The van der Waals surface area contributed by atoms with Crippen molar-refractivity contribution in [3.8, 4) is 0 Å². The van der Waals surface area contributed by atoms with Crippen molar-refractivity contribution in [2.75, 3.05) is 13.1 Å². The van der Waals surface area contributed by atoms with E-state index in [0.717, 1.165) is 5.56 Å². The number of nitrogens with zero attached hydrogens (tertiary/aromatic N) is 1. The summed E-state index contributed by atoms with van der Waals surface area (Å²) in [6.45, 7) is 4.86.